The molecule has 0 aromatic heterocycles. The third kappa shape index (κ3) is 2.08. The van der Waals surface area contributed by atoms with E-state index in [0.29, 0.717) is 5.92 Å². The minimum absolute atomic E-state index is 0.110. The van der Waals surface area contributed by atoms with Gasteiger partial charge in [-0.25, -0.2) is 0 Å². The van der Waals surface area contributed by atoms with Gasteiger partial charge < -0.3 is 5.11 Å². The lowest BCUT2D eigenvalue weighted by atomic mass is 9.98. The molecule has 1 heteroatoms. The highest BCUT2D eigenvalue weighted by Gasteiger charge is 2.00. The molecule has 0 spiro atoms. The van der Waals surface area contributed by atoms with Crippen molar-refractivity contribution in [3.8, 4) is 0 Å². The maximum atomic E-state index is 10.5. The van der Waals surface area contributed by atoms with Crippen molar-refractivity contribution in [2.45, 2.75) is 32.8 Å². The van der Waals surface area contributed by atoms with Gasteiger partial charge in [0.15, 0.2) is 0 Å². The summed E-state index contributed by atoms with van der Waals surface area (Å²) in [5.41, 5.74) is 2.21. The van der Waals surface area contributed by atoms with E-state index in [2.05, 4.69) is 26.0 Å². The van der Waals surface area contributed by atoms with Crippen LogP contribution in [0.2, 0.25) is 0 Å². The molecular formula is C11H15O-. The number of hydrogen-bond donors (Lipinski definition) is 0. The summed E-state index contributed by atoms with van der Waals surface area (Å²) in [5, 5.41) is 10.5. The molecule has 1 nitrogen and oxygen atoms in total. The first-order valence-electron chi connectivity index (χ1n) is 4.44. The third-order valence-corrected chi connectivity index (χ3v) is 2.33. The Morgan fingerprint density at radius 3 is 2.25 bits per heavy atom. The SMILES string of the molecule is CCC(C)c1ccc(C[O-])cc1. The molecule has 0 bridgehead atoms. The van der Waals surface area contributed by atoms with Crippen molar-refractivity contribution >= 4 is 0 Å². The average molecular weight is 163 g/mol. The van der Waals surface area contributed by atoms with Gasteiger partial charge in [-0.1, -0.05) is 43.7 Å². The van der Waals surface area contributed by atoms with Crippen LogP contribution >= 0.6 is 0 Å². The first kappa shape index (κ1) is 9.27. The van der Waals surface area contributed by atoms with Gasteiger partial charge in [-0.3, -0.25) is 0 Å². The van der Waals surface area contributed by atoms with Crippen LogP contribution in [-0.4, -0.2) is 0 Å². The Balaban J connectivity index is 2.77. The fourth-order valence-electron chi connectivity index (χ4n) is 1.18. The summed E-state index contributed by atoms with van der Waals surface area (Å²) in [7, 11) is 0. The van der Waals surface area contributed by atoms with Crippen LogP contribution in [0.3, 0.4) is 0 Å². The van der Waals surface area contributed by atoms with Gasteiger partial charge in [0.05, 0.1) is 0 Å². The lowest BCUT2D eigenvalue weighted by Gasteiger charge is -2.10. The second kappa shape index (κ2) is 4.27. The van der Waals surface area contributed by atoms with E-state index in [0.717, 1.165) is 12.0 Å². The Labute approximate surface area is 74.1 Å². The second-order valence-electron chi connectivity index (χ2n) is 3.20. The zero-order valence-corrected chi connectivity index (χ0v) is 7.71. The Bertz CT molecular complexity index is 225. The second-order valence-corrected chi connectivity index (χ2v) is 3.20. The molecule has 0 fully saturated rings. The topological polar surface area (TPSA) is 23.1 Å². The molecule has 0 saturated carbocycles. The van der Waals surface area contributed by atoms with Crippen molar-refractivity contribution < 1.29 is 5.11 Å². The number of benzene rings is 1. The van der Waals surface area contributed by atoms with Crippen molar-refractivity contribution in [1.29, 1.82) is 0 Å². The fraction of sp³-hybridized carbons (Fsp3) is 0.455. The first-order chi connectivity index (χ1) is 5.77. The molecular weight excluding hydrogens is 148 g/mol. The van der Waals surface area contributed by atoms with Crippen LogP contribution in [0.15, 0.2) is 24.3 Å². The van der Waals surface area contributed by atoms with Gasteiger partial charge in [0.25, 0.3) is 0 Å². The molecule has 0 radical (unpaired) electrons. The molecule has 0 N–H and O–H groups in total. The van der Waals surface area contributed by atoms with Gasteiger partial charge in [0, 0.05) is 0 Å². The molecule has 0 aliphatic rings. The molecule has 0 heterocycles. The van der Waals surface area contributed by atoms with E-state index in [4.69, 9.17) is 0 Å². The van der Waals surface area contributed by atoms with E-state index < -0.39 is 0 Å². The predicted octanol–water partition coefficient (Wildman–Crippen LogP) is 2.06. The van der Waals surface area contributed by atoms with Gasteiger partial charge in [-0.05, 0) is 17.9 Å². The first-order valence-corrected chi connectivity index (χ1v) is 4.44. The van der Waals surface area contributed by atoms with E-state index in [1.165, 1.54) is 5.56 Å². The lowest BCUT2D eigenvalue weighted by molar-refractivity contribution is -0.386. The largest absolute Gasteiger partial charge is 0.851 e. The van der Waals surface area contributed by atoms with Crippen molar-refractivity contribution in [2.24, 2.45) is 0 Å². The van der Waals surface area contributed by atoms with E-state index >= 15 is 0 Å². The quantitative estimate of drug-likeness (QED) is 0.669. The van der Waals surface area contributed by atoms with Gasteiger partial charge in [-0.2, -0.15) is 0 Å². The van der Waals surface area contributed by atoms with Gasteiger partial charge in [-0.15, -0.1) is 6.61 Å². The summed E-state index contributed by atoms with van der Waals surface area (Å²) in [6, 6.07) is 7.96. The minimum Gasteiger partial charge on any atom is -0.851 e. The molecule has 1 aromatic carbocycles. The molecule has 1 rings (SSSR count). The highest BCUT2D eigenvalue weighted by Crippen LogP contribution is 2.18. The maximum absolute atomic E-state index is 10.5. The van der Waals surface area contributed by atoms with Crippen LogP contribution < -0.4 is 5.11 Å². The Hall–Kier alpha value is -0.820. The molecule has 1 aromatic rings. The van der Waals surface area contributed by atoms with Crippen LogP contribution in [0, 0.1) is 0 Å². The van der Waals surface area contributed by atoms with E-state index in [1.807, 2.05) is 12.1 Å². The summed E-state index contributed by atoms with van der Waals surface area (Å²) in [6.07, 6.45) is 1.15. The zero-order valence-electron chi connectivity index (χ0n) is 7.71. The molecule has 0 aliphatic heterocycles. The van der Waals surface area contributed by atoms with Crippen LogP contribution in [-0.2, 0) is 6.61 Å². The van der Waals surface area contributed by atoms with E-state index in [-0.39, 0.29) is 6.61 Å². The van der Waals surface area contributed by atoms with Crippen LogP contribution in [0.4, 0.5) is 0 Å². The fourth-order valence-corrected chi connectivity index (χ4v) is 1.18. The van der Waals surface area contributed by atoms with Crippen LogP contribution in [0.5, 0.6) is 0 Å². The van der Waals surface area contributed by atoms with E-state index in [1.54, 1.807) is 0 Å². The standard InChI is InChI=1S/C11H15O/c1-3-9(2)11-6-4-10(8-12)5-7-11/h4-7,9H,3,8H2,1-2H3/q-1. The third-order valence-electron chi connectivity index (χ3n) is 2.33. The van der Waals surface area contributed by atoms with Crippen LogP contribution in [0.1, 0.15) is 37.3 Å². The maximum Gasteiger partial charge on any atom is -0.0193 e. The normalized spacial score (nSPS) is 12.9. The molecule has 66 valence electrons. The van der Waals surface area contributed by atoms with Crippen molar-refractivity contribution in [3.05, 3.63) is 35.4 Å². The van der Waals surface area contributed by atoms with Crippen molar-refractivity contribution in [3.63, 3.8) is 0 Å². The van der Waals surface area contributed by atoms with Crippen molar-refractivity contribution in [2.75, 3.05) is 0 Å². The van der Waals surface area contributed by atoms with Crippen molar-refractivity contribution in [1.82, 2.24) is 0 Å². The molecule has 12 heavy (non-hydrogen) atoms. The monoisotopic (exact) mass is 163 g/mol. The predicted molar refractivity (Wildman–Crippen MR) is 48.9 cm³/mol. The number of hydrogen-bond acceptors (Lipinski definition) is 1. The minimum atomic E-state index is -0.110. The van der Waals surface area contributed by atoms with Gasteiger partial charge >= 0.3 is 0 Å². The molecule has 0 amide bonds. The smallest absolute Gasteiger partial charge is 0.0193 e. The summed E-state index contributed by atoms with van der Waals surface area (Å²) < 4.78 is 0. The highest BCUT2D eigenvalue weighted by molar-refractivity contribution is 5.24. The summed E-state index contributed by atoms with van der Waals surface area (Å²) >= 11 is 0. The Morgan fingerprint density at radius 2 is 1.83 bits per heavy atom. The molecule has 0 aliphatic carbocycles. The summed E-state index contributed by atoms with van der Waals surface area (Å²) in [4.78, 5) is 0. The summed E-state index contributed by atoms with van der Waals surface area (Å²) in [5.74, 6) is 0.603. The molecule has 1 atom stereocenters. The van der Waals surface area contributed by atoms with Gasteiger partial charge in [0.2, 0.25) is 0 Å². The Kier molecular flexibility index (Phi) is 3.30. The van der Waals surface area contributed by atoms with Gasteiger partial charge in [0.1, 0.15) is 0 Å². The van der Waals surface area contributed by atoms with Crippen LogP contribution in [0.25, 0.3) is 0 Å². The molecule has 1 unspecified atom stereocenters. The number of rotatable bonds is 3. The Morgan fingerprint density at radius 1 is 1.25 bits per heavy atom. The lowest BCUT2D eigenvalue weighted by Crippen LogP contribution is -2.02. The zero-order chi connectivity index (χ0) is 8.97. The highest BCUT2D eigenvalue weighted by atomic mass is 16.3. The average Bonchev–Trinajstić information content (AvgIpc) is 2.17. The molecule has 0 saturated heterocycles. The van der Waals surface area contributed by atoms with E-state index in [9.17, 15) is 5.11 Å². The summed E-state index contributed by atoms with van der Waals surface area (Å²) in [6.45, 7) is 4.26.